The molecule has 0 aliphatic heterocycles. The largest absolute Gasteiger partial charge is 0.388 e. The molecular weight excluding hydrogens is 272 g/mol. The van der Waals surface area contributed by atoms with Gasteiger partial charge in [-0.05, 0) is 42.9 Å². The Morgan fingerprint density at radius 3 is 2.50 bits per heavy atom. The summed E-state index contributed by atoms with van der Waals surface area (Å²) in [6.07, 6.45) is 4.09. The van der Waals surface area contributed by atoms with Crippen molar-refractivity contribution in [2.24, 2.45) is 23.8 Å². The van der Waals surface area contributed by atoms with Crippen molar-refractivity contribution in [1.82, 2.24) is 9.78 Å². The van der Waals surface area contributed by atoms with Gasteiger partial charge in [0.05, 0.1) is 22.0 Å². The van der Waals surface area contributed by atoms with Gasteiger partial charge in [0.15, 0.2) is 0 Å². The molecule has 0 saturated heterocycles. The first-order valence-electron chi connectivity index (χ1n) is 7.53. The molecule has 2 aliphatic carbocycles. The minimum Gasteiger partial charge on any atom is -0.388 e. The summed E-state index contributed by atoms with van der Waals surface area (Å²) in [6, 6.07) is 0. The molecule has 3 nitrogen and oxygen atoms in total. The maximum Gasteiger partial charge on any atom is 0.0848 e. The van der Waals surface area contributed by atoms with Gasteiger partial charge in [-0.2, -0.15) is 5.10 Å². The van der Waals surface area contributed by atoms with Crippen LogP contribution in [-0.4, -0.2) is 20.5 Å². The normalized spacial score (nSPS) is 38.6. The van der Waals surface area contributed by atoms with Crippen molar-refractivity contribution in [3.63, 3.8) is 0 Å². The Labute approximate surface area is 126 Å². The molecule has 1 aromatic rings. The van der Waals surface area contributed by atoms with Gasteiger partial charge in [0, 0.05) is 13.5 Å². The van der Waals surface area contributed by atoms with Crippen LogP contribution in [0, 0.1) is 23.7 Å². The lowest BCUT2D eigenvalue weighted by Crippen LogP contribution is -2.55. The van der Waals surface area contributed by atoms with E-state index in [-0.39, 0.29) is 10.8 Å². The van der Waals surface area contributed by atoms with Gasteiger partial charge >= 0.3 is 0 Å². The zero-order valence-electron chi connectivity index (χ0n) is 13.1. The first-order chi connectivity index (χ1) is 9.12. The molecular formula is C16H25ClN2O. The van der Waals surface area contributed by atoms with Crippen LogP contribution in [0.4, 0.5) is 0 Å². The molecule has 0 spiro atoms. The van der Waals surface area contributed by atoms with E-state index in [9.17, 15) is 5.11 Å². The van der Waals surface area contributed by atoms with Crippen LogP contribution in [0.3, 0.4) is 0 Å². The summed E-state index contributed by atoms with van der Waals surface area (Å²) in [7, 11) is 1.92. The van der Waals surface area contributed by atoms with Gasteiger partial charge in [-0.1, -0.05) is 32.4 Å². The van der Waals surface area contributed by atoms with Crippen LogP contribution >= 0.6 is 11.6 Å². The number of nitrogens with zero attached hydrogens (tertiary/aromatic N) is 2. The molecule has 2 bridgehead atoms. The number of fused-ring (bicyclic) bond motifs is 2. The van der Waals surface area contributed by atoms with Crippen molar-refractivity contribution in [2.45, 2.75) is 59.0 Å². The fraction of sp³-hybridized carbons (Fsp3) is 0.812. The summed E-state index contributed by atoms with van der Waals surface area (Å²) in [6.45, 7) is 8.61. The Morgan fingerprint density at radius 1 is 1.40 bits per heavy atom. The van der Waals surface area contributed by atoms with Crippen LogP contribution in [0.1, 0.15) is 51.4 Å². The lowest BCUT2D eigenvalue weighted by atomic mass is 9.58. The first-order valence-corrected chi connectivity index (χ1v) is 7.90. The highest BCUT2D eigenvalue weighted by Crippen LogP contribution is 2.68. The summed E-state index contributed by atoms with van der Waals surface area (Å²) in [5.74, 6) is 0.616. The van der Waals surface area contributed by atoms with Gasteiger partial charge in [0.1, 0.15) is 0 Å². The van der Waals surface area contributed by atoms with Crippen molar-refractivity contribution in [1.29, 1.82) is 0 Å². The molecule has 0 aromatic carbocycles. The second kappa shape index (κ2) is 4.01. The second-order valence-electron chi connectivity index (χ2n) is 7.73. The van der Waals surface area contributed by atoms with Gasteiger partial charge < -0.3 is 5.11 Å². The van der Waals surface area contributed by atoms with E-state index in [1.54, 1.807) is 0 Å². The van der Waals surface area contributed by atoms with Crippen LogP contribution < -0.4 is 0 Å². The number of hydrogen-bond donors (Lipinski definition) is 1. The smallest absolute Gasteiger partial charge is 0.0848 e. The van der Waals surface area contributed by atoms with E-state index in [0.717, 1.165) is 24.2 Å². The summed E-state index contributed by atoms with van der Waals surface area (Å²) >= 11 is 6.40. The Balaban J connectivity index is 2.05. The summed E-state index contributed by atoms with van der Waals surface area (Å²) in [4.78, 5) is 0. The van der Waals surface area contributed by atoms with Crippen molar-refractivity contribution in [2.75, 3.05) is 0 Å². The third-order valence-electron chi connectivity index (χ3n) is 6.51. The Morgan fingerprint density at radius 2 is 2.05 bits per heavy atom. The highest BCUT2D eigenvalue weighted by molar-refractivity contribution is 6.31. The van der Waals surface area contributed by atoms with E-state index in [2.05, 4.69) is 25.9 Å². The number of halogens is 1. The standard InChI is InChI=1S/C16H25ClN2O/c1-10-13(17)12(19(5)18-10)9-16(20)14(2,3)11-6-7-15(16,4)8-11/h11,20H,6-9H2,1-5H3. The van der Waals surface area contributed by atoms with Crippen molar-refractivity contribution >= 4 is 11.6 Å². The molecule has 0 amide bonds. The molecule has 2 fully saturated rings. The van der Waals surface area contributed by atoms with Crippen molar-refractivity contribution in [3.8, 4) is 0 Å². The molecule has 4 heteroatoms. The molecule has 1 heterocycles. The zero-order valence-corrected chi connectivity index (χ0v) is 13.9. The number of hydrogen-bond acceptors (Lipinski definition) is 2. The van der Waals surface area contributed by atoms with E-state index in [4.69, 9.17) is 11.6 Å². The number of rotatable bonds is 2. The van der Waals surface area contributed by atoms with Crippen LogP contribution in [0.15, 0.2) is 0 Å². The fourth-order valence-corrected chi connectivity index (χ4v) is 5.13. The van der Waals surface area contributed by atoms with E-state index >= 15 is 0 Å². The fourth-order valence-electron chi connectivity index (χ4n) is 4.90. The molecule has 1 N–H and O–H groups in total. The van der Waals surface area contributed by atoms with Gasteiger partial charge in [-0.3, -0.25) is 4.68 Å². The van der Waals surface area contributed by atoms with Crippen molar-refractivity contribution < 1.29 is 5.11 Å². The Hall–Kier alpha value is -0.540. The number of aliphatic hydroxyl groups is 1. The third kappa shape index (κ3) is 1.54. The molecule has 1 aromatic heterocycles. The van der Waals surface area contributed by atoms with Crippen LogP contribution in [0.5, 0.6) is 0 Å². The van der Waals surface area contributed by atoms with Crippen LogP contribution in [0.25, 0.3) is 0 Å². The highest BCUT2D eigenvalue weighted by atomic mass is 35.5. The van der Waals surface area contributed by atoms with Gasteiger partial charge in [0.25, 0.3) is 0 Å². The summed E-state index contributed by atoms with van der Waals surface area (Å²) in [5, 5.41) is 16.7. The average Bonchev–Trinajstić information content (AvgIpc) is 2.90. The van der Waals surface area contributed by atoms with E-state index in [1.807, 2.05) is 18.7 Å². The topological polar surface area (TPSA) is 38.0 Å². The predicted molar refractivity (Wildman–Crippen MR) is 80.8 cm³/mol. The molecule has 2 saturated carbocycles. The minimum absolute atomic E-state index is 0.00265. The first kappa shape index (κ1) is 14.4. The molecule has 112 valence electrons. The van der Waals surface area contributed by atoms with Crippen LogP contribution in [-0.2, 0) is 13.5 Å². The second-order valence-corrected chi connectivity index (χ2v) is 8.11. The number of aryl methyl sites for hydroxylation is 2. The molecule has 0 radical (unpaired) electrons. The van der Waals surface area contributed by atoms with Crippen molar-refractivity contribution in [3.05, 3.63) is 16.4 Å². The average molecular weight is 297 g/mol. The third-order valence-corrected chi connectivity index (χ3v) is 7.00. The van der Waals surface area contributed by atoms with E-state index in [1.165, 1.54) is 6.42 Å². The quantitative estimate of drug-likeness (QED) is 0.907. The summed E-state index contributed by atoms with van der Waals surface area (Å²) in [5.41, 5.74) is 1.05. The number of aromatic nitrogens is 2. The SMILES string of the molecule is Cc1nn(C)c(CC2(O)C3(C)CCC(C3)C2(C)C)c1Cl. The molecule has 20 heavy (non-hydrogen) atoms. The maximum atomic E-state index is 11.6. The molecule has 3 rings (SSSR count). The molecule has 3 atom stereocenters. The Kier molecular flexibility index (Phi) is 2.89. The molecule has 2 aliphatic rings. The molecule has 3 unspecified atom stereocenters. The summed E-state index contributed by atoms with van der Waals surface area (Å²) < 4.78 is 1.83. The maximum absolute atomic E-state index is 11.6. The van der Waals surface area contributed by atoms with Gasteiger partial charge in [-0.15, -0.1) is 0 Å². The van der Waals surface area contributed by atoms with E-state index < -0.39 is 5.60 Å². The highest BCUT2D eigenvalue weighted by Gasteiger charge is 2.68. The monoisotopic (exact) mass is 296 g/mol. The lowest BCUT2D eigenvalue weighted by molar-refractivity contribution is -0.142. The van der Waals surface area contributed by atoms with Crippen LogP contribution in [0.2, 0.25) is 5.02 Å². The Bertz CT molecular complexity index is 558. The van der Waals surface area contributed by atoms with E-state index in [0.29, 0.717) is 17.4 Å². The minimum atomic E-state index is -0.702. The lowest BCUT2D eigenvalue weighted by Gasteiger charge is -2.50. The van der Waals surface area contributed by atoms with Gasteiger partial charge in [0.2, 0.25) is 0 Å². The van der Waals surface area contributed by atoms with Gasteiger partial charge in [-0.25, -0.2) is 0 Å². The predicted octanol–water partition coefficient (Wildman–Crippen LogP) is 3.50. The zero-order chi connectivity index (χ0) is 14.9.